The Morgan fingerprint density at radius 3 is 2.23 bits per heavy atom. The average Bonchev–Trinajstić information content (AvgIpc) is 2.65. The SMILES string of the molecule is COc1ccc(C(=O)NCCN(C(C)=O)c2ccc(C)cc2)cc1OC. The third-order valence-electron chi connectivity index (χ3n) is 3.99. The first-order chi connectivity index (χ1) is 12.5. The summed E-state index contributed by atoms with van der Waals surface area (Å²) < 4.78 is 10.4. The summed E-state index contributed by atoms with van der Waals surface area (Å²) in [5, 5.41) is 2.83. The van der Waals surface area contributed by atoms with Crippen molar-refractivity contribution in [3.05, 3.63) is 53.6 Å². The van der Waals surface area contributed by atoms with Crippen LogP contribution in [0.5, 0.6) is 11.5 Å². The lowest BCUT2D eigenvalue weighted by molar-refractivity contribution is -0.116. The number of amides is 2. The van der Waals surface area contributed by atoms with Gasteiger partial charge in [-0.2, -0.15) is 0 Å². The molecule has 0 heterocycles. The fourth-order valence-corrected chi connectivity index (χ4v) is 2.55. The van der Waals surface area contributed by atoms with Crippen LogP contribution >= 0.6 is 0 Å². The zero-order chi connectivity index (χ0) is 19.1. The van der Waals surface area contributed by atoms with E-state index >= 15 is 0 Å². The summed E-state index contributed by atoms with van der Waals surface area (Å²) in [6.07, 6.45) is 0. The van der Waals surface area contributed by atoms with E-state index in [0.717, 1.165) is 11.3 Å². The lowest BCUT2D eigenvalue weighted by Crippen LogP contribution is -2.37. The minimum absolute atomic E-state index is 0.0748. The molecule has 0 aliphatic rings. The molecule has 0 fully saturated rings. The molecular formula is C20H24N2O4. The summed E-state index contributed by atoms with van der Waals surface area (Å²) in [5.41, 5.74) is 2.40. The van der Waals surface area contributed by atoms with E-state index in [2.05, 4.69) is 5.32 Å². The van der Waals surface area contributed by atoms with Crippen LogP contribution in [0.1, 0.15) is 22.8 Å². The highest BCUT2D eigenvalue weighted by molar-refractivity contribution is 5.95. The molecule has 0 unspecified atom stereocenters. The molecule has 0 aliphatic carbocycles. The Balaban J connectivity index is 1.99. The third-order valence-corrected chi connectivity index (χ3v) is 3.99. The van der Waals surface area contributed by atoms with E-state index in [1.165, 1.54) is 14.0 Å². The van der Waals surface area contributed by atoms with Crippen LogP contribution in [0.2, 0.25) is 0 Å². The minimum atomic E-state index is -0.238. The molecule has 0 aliphatic heterocycles. The number of hydrogen-bond donors (Lipinski definition) is 1. The molecule has 2 amide bonds. The van der Waals surface area contributed by atoms with Crippen LogP contribution in [-0.4, -0.2) is 39.1 Å². The monoisotopic (exact) mass is 356 g/mol. The summed E-state index contributed by atoms with van der Waals surface area (Å²) in [6, 6.07) is 12.7. The van der Waals surface area contributed by atoms with Crippen molar-refractivity contribution < 1.29 is 19.1 Å². The number of benzene rings is 2. The molecular weight excluding hydrogens is 332 g/mol. The Labute approximate surface area is 153 Å². The van der Waals surface area contributed by atoms with Gasteiger partial charge < -0.3 is 19.7 Å². The van der Waals surface area contributed by atoms with E-state index in [-0.39, 0.29) is 11.8 Å². The second kappa shape index (κ2) is 8.89. The molecule has 0 aromatic heterocycles. The van der Waals surface area contributed by atoms with Crippen molar-refractivity contribution >= 4 is 17.5 Å². The van der Waals surface area contributed by atoms with E-state index in [1.54, 1.807) is 30.2 Å². The number of methoxy groups -OCH3 is 2. The van der Waals surface area contributed by atoms with Gasteiger partial charge in [0, 0.05) is 31.3 Å². The summed E-state index contributed by atoms with van der Waals surface area (Å²) in [4.78, 5) is 25.9. The van der Waals surface area contributed by atoms with Crippen molar-refractivity contribution in [2.24, 2.45) is 0 Å². The summed E-state index contributed by atoms with van der Waals surface area (Å²) in [7, 11) is 3.06. The van der Waals surface area contributed by atoms with E-state index in [9.17, 15) is 9.59 Å². The molecule has 0 saturated heterocycles. The quantitative estimate of drug-likeness (QED) is 0.828. The van der Waals surface area contributed by atoms with Gasteiger partial charge in [-0.15, -0.1) is 0 Å². The first kappa shape index (κ1) is 19.3. The van der Waals surface area contributed by atoms with Crippen molar-refractivity contribution in [2.45, 2.75) is 13.8 Å². The normalized spacial score (nSPS) is 10.2. The standard InChI is InChI=1S/C20H24N2O4/c1-14-5-8-17(9-6-14)22(15(2)23)12-11-21-20(24)16-7-10-18(25-3)19(13-16)26-4/h5-10,13H,11-12H2,1-4H3,(H,21,24). The Bertz CT molecular complexity index is 772. The van der Waals surface area contributed by atoms with Gasteiger partial charge in [0.05, 0.1) is 14.2 Å². The van der Waals surface area contributed by atoms with Crippen LogP contribution in [0.3, 0.4) is 0 Å². The second-order valence-electron chi connectivity index (χ2n) is 5.83. The molecule has 2 aromatic rings. The van der Waals surface area contributed by atoms with Gasteiger partial charge in [0.25, 0.3) is 5.91 Å². The van der Waals surface area contributed by atoms with Gasteiger partial charge in [0.2, 0.25) is 5.91 Å². The largest absolute Gasteiger partial charge is 0.493 e. The lowest BCUT2D eigenvalue weighted by Gasteiger charge is -2.21. The molecule has 0 radical (unpaired) electrons. The average molecular weight is 356 g/mol. The van der Waals surface area contributed by atoms with E-state index < -0.39 is 0 Å². The van der Waals surface area contributed by atoms with Gasteiger partial charge in [-0.3, -0.25) is 9.59 Å². The molecule has 2 rings (SSSR count). The zero-order valence-corrected chi connectivity index (χ0v) is 15.5. The fourth-order valence-electron chi connectivity index (χ4n) is 2.55. The number of aryl methyl sites for hydroxylation is 1. The molecule has 138 valence electrons. The minimum Gasteiger partial charge on any atom is -0.493 e. The topological polar surface area (TPSA) is 67.9 Å². The van der Waals surface area contributed by atoms with Gasteiger partial charge in [0.15, 0.2) is 11.5 Å². The highest BCUT2D eigenvalue weighted by atomic mass is 16.5. The number of anilines is 1. The Morgan fingerprint density at radius 1 is 1.00 bits per heavy atom. The maximum Gasteiger partial charge on any atom is 0.251 e. The van der Waals surface area contributed by atoms with Crippen LogP contribution in [-0.2, 0) is 4.79 Å². The zero-order valence-electron chi connectivity index (χ0n) is 15.5. The van der Waals surface area contributed by atoms with E-state index in [4.69, 9.17) is 9.47 Å². The first-order valence-corrected chi connectivity index (χ1v) is 8.31. The summed E-state index contributed by atoms with van der Waals surface area (Å²) >= 11 is 0. The van der Waals surface area contributed by atoms with Gasteiger partial charge in [0.1, 0.15) is 0 Å². The predicted molar refractivity (Wildman–Crippen MR) is 101 cm³/mol. The molecule has 1 N–H and O–H groups in total. The van der Waals surface area contributed by atoms with Crippen LogP contribution in [0.4, 0.5) is 5.69 Å². The maximum atomic E-state index is 12.3. The van der Waals surface area contributed by atoms with Crippen LogP contribution in [0, 0.1) is 6.92 Å². The van der Waals surface area contributed by atoms with Crippen molar-refractivity contribution in [2.75, 3.05) is 32.2 Å². The number of rotatable bonds is 7. The van der Waals surface area contributed by atoms with Crippen molar-refractivity contribution in [1.29, 1.82) is 0 Å². The van der Waals surface area contributed by atoms with Crippen LogP contribution in [0.25, 0.3) is 0 Å². The van der Waals surface area contributed by atoms with E-state index in [0.29, 0.717) is 30.2 Å². The Hall–Kier alpha value is -3.02. The summed E-state index contributed by atoms with van der Waals surface area (Å²) in [6.45, 7) is 4.22. The third kappa shape index (κ3) is 4.75. The molecule has 0 bridgehead atoms. The smallest absolute Gasteiger partial charge is 0.251 e. The van der Waals surface area contributed by atoms with Gasteiger partial charge >= 0.3 is 0 Å². The molecule has 0 spiro atoms. The maximum absolute atomic E-state index is 12.3. The number of carbonyl (C=O) groups excluding carboxylic acids is 2. The lowest BCUT2D eigenvalue weighted by atomic mass is 10.2. The number of nitrogens with zero attached hydrogens (tertiary/aromatic N) is 1. The highest BCUT2D eigenvalue weighted by Gasteiger charge is 2.13. The first-order valence-electron chi connectivity index (χ1n) is 8.31. The molecule has 0 atom stereocenters. The van der Waals surface area contributed by atoms with Crippen molar-refractivity contribution in [3.8, 4) is 11.5 Å². The molecule has 0 saturated carbocycles. The van der Waals surface area contributed by atoms with Crippen LogP contribution < -0.4 is 19.7 Å². The Kier molecular flexibility index (Phi) is 6.60. The molecule has 26 heavy (non-hydrogen) atoms. The van der Waals surface area contributed by atoms with Crippen LogP contribution in [0.15, 0.2) is 42.5 Å². The van der Waals surface area contributed by atoms with Crippen molar-refractivity contribution in [3.63, 3.8) is 0 Å². The van der Waals surface area contributed by atoms with Gasteiger partial charge in [-0.05, 0) is 37.3 Å². The number of hydrogen-bond acceptors (Lipinski definition) is 4. The number of ether oxygens (including phenoxy) is 2. The molecule has 6 nitrogen and oxygen atoms in total. The number of carbonyl (C=O) groups is 2. The highest BCUT2D eigenvalue weighted by Crippen LogP contribution is 2.27. The van der Waals surface area contributed by atoms with Gasteiger partial charge in [-0.25, -0.2) is 0 Å². The van der Waals surface area contributed by atoms with Gasteiger partial charge in [-0.1, -0.05) is 17.7 Å². The number of nitrogens with one attached hydrogen (secondary N) is 1. The molecule has 6 heteroatoms. The predicted octanol–water partition coefficient (Wildman–Crippen LogP) is 2.80. The second-order valence-corrected chi connectivity index (χ2v) is 5.83. The molecule has 2 aromatic carbocycles. The summed E-state index contributed by atoms with van der Waals surface area (Å²) in [5.74, 6) is 0.740. The fraction of sp³-hybridized carbons (Fsp3) is 0.300. The Morgan fingerprint density at radius 2 is 1.65 bits per heavy atom. The van der Waals surface area contributed by atoms with Crippen molar-refractivity contribution in [1.82, 2.24) is 5.32 Å². The van der Waals surface area contributed by atoms with E-state index in [1.807, 2.05) is 31.2 Å².